The lowest BCUT2D eigenvalue weighted by Crippen LogP contribution is -2.48. The molecule has 2 unspecified atom stereocenters. The van der Waals surface area contributed by atoms with Gasteiger partial charge in [0.25, 0.3) is 0 Å². The first-order chi connectivity index (χ1) is 15.1. The van der Waals surface area contributed by atoms with E-state index in [-0.39, 0.29) is 17.7 Å². The van der Waals surface area contributed by atoms with E-state index in [0.717, 1.165) is 24.9 Å². The second-order valence-electron chi connectivity index (χ2n) is 7.63. The van der Waals surface area contributed by atoms with Crippen molar-refractivity contribution in [2.24, 2.45) is 5.92 Å². The van der Waals surface area contributed by atoms with E-state index in [9.17, 15) is 9.59 Å². The predicted octanol–water partition coefficient (Wildman–Crippen LogP) is 4.02. The number of nitrogens with one attached hydrogen (secondary N) is 2. The number of hydrogen-bond donors (Lipinski definition) is 2. The number of nitrogens with zero attached hydrogens (tertiary/aromatic N) is 3. The topological polar surface area (TPSA) is 102 Å². The van der Waals surface area contributed by atoms with Crippen molar-refractivity contribution in [1.29, 1.82) is 0 Å². The standard InChI is InChI=1S/C22H25N5O3S/c1-15-8-5-6-11-17(15)23-21(29)24-19(28)14-31-22-26-25-20(18-12-7-13-30-18)27(22)16-9-3-2-4-10-16/h2-4,7,9-10,12-13,15,17H,5-6,8,11,14H2,1H3,(H2,23,24,28,29). The molecule has 4 rings (SSSR count). The molecule has 2 heterocycles. The van der Waals surface area contributed by atoms with Gasteiger partial charge < -0.3 is 9.73 Å². The Bertz CT molecular complexity index is 1020. The number of thioether (sulfide) groups is 1. The first kappa shape index (κ1) is 21.2. The highest BCUT2D eigenvalue weighted by Gasteiger charge is 2.24. The minimum atomic E-state index is -0.440. The minimum absolute atomic E-state index is 0.0385. The summed E-state index contributed by atoms with van der Waals surface area (Å²) in [4.78, 5) is 24.6. The lowest BCUT2D eigenvalue weighted by Gasteiger charge is -2.29. The van der Waals surface area contributed by atoms with Gasteiger partial charge in [0.05, 0.1) is 12.0 Å². The van der Waals surface area contributed by atoms with Crippen molar-refractivity contribution >= 4 is 23.7 Å². The number of hydrogen-bond acceptors (Lipinski definition) is 6. The molecule has 8 nitrogen and oxygen atoms in total. The van der Waals surface area contributed by atoms with Crippen LogP contribution in [0, 0.1) is 5.92 Å². The van der Waals surface area contributed by atoms with E-state index in [0.29, 0.717) is 22.7 Å². The maximum atomic E-state index is 12.4. The fraction of sp³-hybridized carbons (Fsp3) is 0.364. The minimum Gasteiger partial charge on any atom is -0.461 e. The molecule has 0 bridgehead atoms. The molecule has 0 saturated heterocycles. The van der Waals surface area contributed by atoms with E-state index in [2.05, 4.69) is 27.8 Å². The van der Waals surface area contributed by atoms with E-state index < -0.39 is 6.03 Å². The molecule has 2 atom stereocenters. The van der Waals surface area contributed by atoms with Crippen molar-refractivity contribution in [1.82, 2.24) is 25.4 Å². The number of carbonyl (C=O) groups is 2. The fourth-order valence-corrected chi connectivity index (χ4v) is 4.52. The van der Waals surface area contributed by atoms with Crippen LogP contribution in [0.2, 0.25) is 0 Å². The number of furan rings is 1. The number of carbonyl (C=O) groups excluding carboxylic acids is 2. The summed E-state index contributed by atoms with van der Waals surface area (Å²) in [7, 11) is 0. The van der Waals surface area contributed by atoms with Gasteiger partial charge in [0.2, 0.25) is 11.7 Å². The normalized spacial score (nSPS) is 18.5. The summed E-state index contributed by atoms with van der Waals surface area (Å²) >= 11 is 1.21. The van der Waals surface area contributed by atoms with Crippen LogP contribution >= 0.6 is 11.8 Å². The highest BCUT2D eigenvalue weighted by Crippen LogP contribution is 2.28. The van der Waals surface area contributed by atoms with Crippen molar-refractivity contribution in [2.75, 3.05) is 5.75 Å². The number of para-hydroxylation sites is 1. The number of imide groups is 1. The third kappa shape index (κ3) is 5.16. The molecule has 31 heavy (non-hydrogen) atoms. The summed E-state index contributed by atoms with van der Waals surface area (Å²) in [5, 5.41) is 14.4. The highest BCUT2D eigenvalue weighted by molar-refractivity contribution is 7.99. The van der Waals surface area contributed by atoms with Crippen LogP contribution in [0.4, 0.5) is 4.79 Å². The molecule has 3 aromatic rings. The summed E-state index contributed by atoms with van der Waals surface area (Å²) in [6.07, 6.45) is 5.92. The third-order valence-electron chi connectivity index (χ3n) is 5.40. The molecule has 1 saturated carbocycles. The number of aromatic nitrogens is 3. The molecule has 0 radical (unpaired) electrons. The van der Waals surface area contributed by atoms with E-state index in [1.165, 1.54) is 18.2 Å². The molecule has 0 aliphatic heterocycles. The zero-order chi connectivity index (χ0) is 21.6. The number of rotatable bonds is 6. The fourth-order valence-electron chi connectivity index (χ4n) is 3.77. The Morgan fingerprint density at radius 2 is 1.94 bits per heavy atom. The molecule has 3 amide bonds. The summed E-state index contributed by atoms with van der Waals surface area (Å²) in [5.41, 5.74) is 0.853. The lowest BCUT2D eigenvalue weighted by atomic mass is 9.86. The van der Waals surface area contributed by atoms with Gasteiger partial charge in [-0.1, -0.05) is 49.7 Å². The number of benzene rings is 1. The Hall–Kier alpha value is -3.07. The van der Waals surface area contributed by atoms with Crippen LogP contribution in [-0.2, 0) is 4.79 Å². The Morgan fingerprint density at radius 3 is 2.68 bits per heavy atom. The molecule has 2 aromatic heterocycles. The van der Waals surface area contributed by atoms with Gasteiger partial charge in [0.1, 0.15) is 0 Å². The van der Waals surface area contributed by atoms with Crippen molar-refractivity contribution in [3.63, 3.8) is 0 Å². The van der Waals surface area contributed by atoms with Crippen LogP contribution in [0.25, 0.3) is 17.3 Å². The van der Waals surface area contributed by atoms with Gasteiger partial charge in [-0.2, -0.15) is 0 Å². The molecule has 1 fully saturated rings. The molecule has 1 aliphatic carbocycles. The molecule has 162 valence electrons. The van der Waals surface area contributed by atoms with Crippen LogP contribution in [0.3, 0.4) is 0 Å². The highest BCUT2D eigenvalue weighted by atomic mass is 32.2. The van der Waals surface area contributed by atoms with Crippen LogP contribution < -0.4 is 10.6 Å². The SMILES string of the molecule is CC1CCCCC1NC(=O)NC(=O)CSc1nnc(-c2ccco2)n1-c1ccccc1. The van der Waals surface area contributed by atoms with Crippen LogP contribution in [0.5, 0.6) is 0 Å². The molecule has 1 aromatic carbocycles. The maximum absolute atomic E-state index is 12.4. The molecule has 1 aliphatic rings. The second-order valence-corrected chi connectivity index (χ2v) is 8.58. The summed E-state index contributed by atoms with van der Waals surface area (Å²) < 4.78 is 7.32. The molecular weight excluding hydrogens is 414 g/mol. The van der Waals surface area contributed by atoms with Crippen LogP contribution in [-0.4, -0.2) is 38.5 Å². The van der Waals surface area contributed by atoms with Gasteiger partial charge in [-0.3, -0.25) is 14.7 Å². The van der Waals surface area contributed by atoms with Crippen molar-refractivity contribution < 1.29 is 14.0 Å². The summed E-state index contributed by atoms with van der Waals surface area (Å²) in [6, 6.07) is 12.9. The Balaban J connectivity index is 1.41. The molecule has 2 N–H and O–H groups in total. The monoisotopic (exact) mass is 439 g/mol. The lowest BCUT2D eigenvalue weighted by molar-refractivity contribution is -0.117. The Morgan fingerprint density at radius 1 is 1.13 bits per heavy atom. The molecule has 9 heteroatoms. The van der Waals surface area contributed by atoms with Crippen LogP contribution in [0.15, 0.2) is 58.3 Å². The quantitative estimate of drug-likeness (QED) is 0.563. The summed E-state index contributed by atoms with van der Waals surface area (Å²) in [6.45, 7) is 2.13. The third-order valence-corrected chi connectivity index (χ3v) is 6.33. The Labute approximate surface area is 184 Å². The zero-order valence-corrected chi connectivity index (χ0v) is 18.1. The first-order valence-corrected chi connectivity index (χ1v) is 11.4. The van der Waals surface area contributed by atoms with Gasteiger partial charge in [0.15, 0.2) is 10.9 Å². The maximum Gasteiger partial charge on any atom is 0.321 e. The van der Waals surface area contributed by atoms with Gasteiger partial charge in [0, 0.05) is 11.7 Å². The van der Waals surface area contributed by atoms with E-state index in [4.69, 9.17) is 4.42 Å². The van der Waals surface area contributed by atoms with Crippen molar-refractivity contribution in [3.8, 4) is 17.3 Å². The first-order valence-electron chi connectivity index (χ1n) is 10.4. The smallest absolute Gasteiger partial charge is 0.321 e. The Kier molecular flexibility index (Phi) is 6.71. The average molecular weight is 440 g/mol. The molecule has 0 spiro atoms. The van der Waals surface area contributed by atoms with Gasteiger partial charge in [-0.15, -0.1) is 10.2 Å². The van der Waals surface area contributed by atoms with E-state index in [1.54, 1.807) is 18.4 Å². The van der Waals surface area contributed by atoms with Gasteiger partial charge in [-0.05, 0) is 43.0 Å². The van der Waals surface area contributed by atoms with Gasteiger partial charge >= 0.3 is 6.03 Å². The zero-order valence-electron chi connectivity index (χ0n) is 17.3. The predicted molar refractivity (Wildman–Crippen MR) is 118 cm³/mol. The van der Waals surface area contributed by atoms with Crippen molar-refractivity contribution in [3.05, 3.63) is 48.7 Å². The van der Waals surface area contributed by atoms with Crippen molar-refractivity contribution in [2.45, 2.75) is 43.8 Å². The number of amides is 3. The summed E-state index contributed by atoms with van der Waals surface area (Å²) in [5.74, 6) is 1.20. The second kappa shape index (κ2) is 9.82. The van der Waals surface area contributed by atoms with E-state index in [1.807, 2.05) is 34.9 Å². The molecular formula is C22H25N5O3S. The van der Waals surface area contributed by atoms with E-state index >= 15 is 0 Å². The average Bonchev–Trinajstić information content (AvgIpc) is 3.44. The largest absolute Gasteiger partial charge is 0.461 e. The van der Waals surface area contributed by atoms with Crippen LogP contribution in [0.1, 0.15) is 32.6 Å². The number of urea groups is 1. The van der Waals surface area contributed by atoms with Gasteiger partial charge in [-0.25, -0.2) is 4.79 Å².